The Morgan fingerprint density at radius 3 is 2.71 bits per heavy atom. The second kappa shape index (κ2) is 5.28. The zero-order valence-corrected chi connectivity index (χ0v) is 10.8. The molecule has 8 heteroatoms. The topological polar surface area (TPSA) is 95.2 Å². The maximum atomic E-state index is 12.0. The average Bonchev–Trinajstić information content (AvgIpc) is 2.65. The van der Waals surface area contributed by atoms with Crippen molar-refractivity contribution >= 4 is 15.9 Å². The summed E-state index contributed by atoms with van der Waals surface area (Å²) in [6.45, 7) is 3.68. The summed E-state index contributed by atoms with van der Waals surface area (Å²) in [5.74, 6) is 0.171. The Labute approximate surface area is 100 Å². The molecule has 0 unspecified atom stereocenters. The standard InChI is InChI=1S/C9H16N4O3S/c1-4-10-8(14)6-13(3)17(15,16)9-5-11-7(2)12-9/h5H,4,6H2,1-3H3,(H,10,14)(H,11,12). The maximum Gasteiger partial charge on any atom is 0.260 e. The summed E-state index contributed by atoms with van der Waals surface area (Å²) in [6, 6.07) is 0. The third-order valence-electron chi connectivity index (χ3n) is 2.11. The summed E-state index contributed by atoms with van der Waals surface area (Å²) < 4.78 is 24.9. The van der Waals surface area contributed by atoms with Crippen LogP contribution in [0.4, 0.5) is 0 Å². The minimum Gasteiger partial charge on any atom is -0.355 e. The fraction of sp³-hybridized carbons (Fsp3) is 0.556. The third-order valence-corrected chi connectivity index (χ3v) is 3.82. The number of imidazole rings is 1. The van der Waals surface area contributed by atoms with Gasteiger partial charge in [-0.15, -0.1) is 0 Å². The highest BCUT2D eigenvalue weighted by Gasteiger charge is 2.24. The monoisotopic (exact) mass is 260 g/mol. The zero-order valence-electron chi connectivity index (χ0n) is 10.0. The summed E-state index contributed by atoms with van der Waals surface area (Å²) in [7, 11) is -2.33. The molecular formula is C9H16N4O3S. The van der Waals surface area contributed by atoms with Crippen LogP contribution in [0.15, 0.2) is 11.2 Å². The summed E-state index contributed by atoms with van der Waals surface area (Å²) in [5.41, 5.74) is 0. The first-order chi connectivity index (χ1) is 7.87. The van der Waals surface area contributed by atoms with Gasteiger partial charge in [0.05, 0.1) is 12.7 Å². The van der Waals surface area contributed by atoms with Crippen molar-refractivity contribution in [2.45, 2.75) is 18.9 Å². The molecule has 1 rings (SSSR count). The highest BCUT2D eigenvalue weighted by atomic mass is 32.2. The van der Waals surface area contributed by atoms with Crippen LogP contribution in [-0.4, -0.2) is 48.7 Å². The van der Waals surface area contributed by atoms with E-state index in [9.17, 15) is 13.2 Å². The largest absolute Gasteiger partial charge is 0.355 e. The minimum atomic E-state index is -3.68. The number of rotatable bonds is 5. The van der Waals surface area contributed by atoms with Crippen LogP contribution in [0.3, 0.4) is 0 Å². The van der Waals surface area contributed by atoms with Crippen molar-refractivity contribution in [3.05, 3.63) is 12.0 Å². The minimum absolute atomic E-state index is 0.0122. The Kier molecular flexibility index (Phi) is 4.24. The molecule has 0 radical (unpaired) electrons. The van der Waals surface area contributed by atoms with E-state index in [0.29, 0.717) is 12.4 Å². The van der Waals surface area contributed by atoms with Crippen molar-refractivity contribution < 1.29 is 13.2 Å². The first-order valence-electron chi connectivity index (χ1n) is 5.12. The third kappa shape index (κ3) is 3.27. The molecule has 0 saturated carbocycles. The quantitative estimate of drug-likeness (QED) is 0.744. The van der Waals surface area contributed by atoms with Crippen LogP contribution in [0.1, 0.15) is 12.7 Å². The molecule has 0 aromatic carbocycles. The van der Waals surface area contributed by atoms with Gasteiger partial charge in [-0.05, 0) is 13.8 Å². The fourth-order valence-corrected chi connectivity index (χ4v) is 2.32. The van der Waals surface area contributed by atoms with E-state index in [1.165, 1.54) is 13.2 Å². The van der Waals surface area contributed by atoms with Crippen molar-refractivity contribution in [1.82, 2.24) is 19.6 Å². The lowest BCUT2D eigenvalue weighted by Crippen LogP contribution is -2.38. The highest BCUT2D eigenvalue weighted by Crippen LogP contribution is 2.10. The number of hydrogen-bond acceptors (Lipinski definition) is 4. The second-order valence-corrected chi connectivity index (χ2v) is 5.56. The Balaban J connectivity index is 2.81. The summed E-state index contributed by atoms with van der Waals surface area (Å²) in [4.78, 5) is 17.7. The molecule has 7 nitrogen and oxygen atoms in total. The van der Waals surface area contributed by atoms with Crippen LogP contribution in [0.5, 0.6) is 0 Å². The van der Waals surface area contributed by atoms with Crippen LogP contribution in [0, 0.1) is 6.92 Å². The van der Waals surface area contributed by atoms with E-state index in [4.69, 9.17) is 0 Å². The van der Waals surface area contributed by atoms with E-state index >= 15 is 0 Å². The molecule has 0 aliphatic rings. The van der Waals surface area contributed by atoms with Gasteiger partial charge in [-0.1, -0.05) is 0 Å². The van der Waals surface area contributed by atoms with Gasteiger partial charge >= 0.3 is 0 Å². The molecule has 0 spiro atoms. The zero-order chi connectivity index (χ0) is 13.1. The molecule has 1 amide bonds. The average molecular weight is 260 g/mol. The van der Waals surface area contributed by atoms with E-state index in [2.05, 4.69) is 15.3 Å². The van der Waals surface area contributed by atoms with Crippen molar-refractivity contribution in [2.24, 2.45) is 0 Å². The van der Waals surface area contributed by atoms with Gasteiger partial charge in [0.15, 0.2) is 5.03 Å². The molecular weight excluding hydrogens is 244 g/mol. The van der Waals surface area contributed by atoms with Crippen molar-refractivity contribution in [3.63, 3.8) is 0 Å². The lowest BCUT2D eigenvalue weighted by molar-refractivity contribution is -0.121. The van der Waals surface area contributed by atoms with E-state index in [-0.39, 0.29) is 17.5 Å². The Morgan fingerprint density at radius 2 is 2.24 bits per heavy atom. The Morgan fingerprint density at radius 1 is 1.59 bits per heavy atom. The van der Waals surface area contributed by atoms with Gasteiger partial charge in [0.1, 0.15) is 5.82 Å². The number of nitrogens with zero attached hydrogens (tertiary/aromatic N) is 2. The molecule has 0 saturated heterocycles. The summed E-state index contributed by atoms with van der Waals surface area (Å²) in [5, 5.41) is 2.52. The number of aryl methyl sites for hydroxylation is 1. The first-order valence-corrected chi connectivity index (χ1v) is 6.56. The van der Waals surface area contributed by atoms with Crippen molar-refractivity contribution in [1.29, 1.82) is 0 Å². The van der Waals surface area contributed by atoms with Gasteiger partial charge < -0.3 is 10.3 Å². The number of sulfonamides is 1. The predicted octanol–water partition coefficient (Wildman–Crippen LogP) is -0.525. The number of carbonyl (C=O) groups is 1. The molecule has 96 valence electrons. The maximum absolute atomic E-state index is 12.0. The van der Waals surface area contributed by atoms with E-state index in [0.717, 1.165) is 4.31 Å². The van der Waals surface area contributed by atoms with Crippen molar-refractivity contribution in [2.75, 3.05) is 20.1 Å². The Bertz CT molecular complexity index is 494. The summed E-state index contributed by atoms with van der Waals surface area (Å²) in [6.07, 6.45) is 1.24. The van der Waals surface area contributed by atoms with Crippen molar-refractivity contribution in [3.8, 4) is 0 Å². The van der Waals surface area contributed by atoms with E-state index < -0.39 is 10.0 Å². The number of aromatic nitrogens is 2. The van der Waals surface area contributed by atoms with Gasteiger partial charge in [-0.25, -0.2) is 13.4 Å². The second-order valence-electron chi connectivity index (χ2n) is 3.55. The number of aromatic amines is 1. The van der Waals surface area contributed by atoms with Gasteiger partial charge in [-0.2, -0.15) is 4.31 Å². The SMILES string of the molecule is CCNC(=O)CN(C)S(=O)(=O)c1cnc(C)[nH]1. The summed E-state index contributed by atoms with van der Waals surface area (Å²) >= 11 is 0. The molecule has 0 fully saturated rings. The lowest BCUT2D eigenvalue weighted by atomic mass is 10.5. The van der Waals surface area contributed by atoms with Crippen LogP contribution in [0.25, 0.3) is 0 Å². The fourth-order valence-electron chi connectivity index (χ4n) is 1.24. The molecule has 2 N–H and O–H groups in total. The van der Waals surface area contributed by atoms with Gasteiger partial charge in [0.25, 0.3) is 10.0 Å². The number of likely N-dealkylation sites (N-methyl/N-ethyl adjacent to an activating group) is 2. The van der Waals surface area contributed by atoms with Crippen LogP contribution >= 0.6 is 0 Å². The van der Waals surface area contributed by atoms with Gasteiger partial charge in [0, 0.05) is 13.6 Å². The molecule has 17 heavy (non-hydrogen) atoms. The molecule has 1 aromatic rings. The molecule has 1 aromatic heterocycles. The number of carbonyl (C=O) groups excluding carboxylic acids is 1. The Hall–Kier alpha value is -1.41. The lowest BCUT2D eigenvalue weighted by Gasteiger charge is -2.15. The number of hydrogen-bond donors (Lipinski definition) is 2. The highest BCUT2D eigenvalue weighted by molar-refractivity contribution is 7.89. The molecule has 0 atom stereocenters. The molecule has 0 aliphatic carbocycles. The van der Waals surface area contributed by atoms with Gasteiger partial charge in [0.2, 0.25) is 5.91 Å². The first kappa shape index (κ1) is 13.7. The number of H-pyrrole nitrogens is 1. The number of amides is 1. The molecule has 1 heterocycles. The van der Waals surface area contributed by atoms with Crippen LogP contribution in [-0.2, 0) is 14.8 Å². The number of nitrogens with one attached hydrogen (secondary N) is 2. The van der Waals surface area contributed by atoms with Crippen LogP contribution < -0.4 is 5.32 Å². The van der Waals surface area contributed by atoms with Crippen LogP contribution in [0.2, 0.25) is 0 Å². The predicted molar refractivity (Wildman–Crippen MR) is 61.8 cm³/mol. The molecule has 0 aliphatic heterocycles. The molecule has 0 bridgehead atoms. The van der Waals surface area contributed by atoms with E-state index in [1.807, 2.05) is 0 Å². The normalized spacial score (nSPS) is 11.8. The smallest absolute Gasteiger partial charge is 0.260 e. The van der Waals surface area contributed by atoms with E-state index in [1.54, 1.807) is 13.8 Å². The van der Waals surface area contributed by atoms with Gasteiger partial charge in [-0.3, -0.25) is 4.79 Å².